The number of urea groups is 1. The Hall–Kier alpha value is -1.36. The first-order chi connectivity index (χ1) is 7.11. The average Bonchev–Trinajstić information content (AvgIpc) is 2.52. The lowest BCUT2D eigenvalue weighted by Crippen LogP contribution is -2.31. The molecule has 1 N–H and O–H groups in total. The molecule has 2 rings (SSSR count). The van der Waals surface area contributed by atoms with Gasteiger partial charge in [-0.15, -0.1) is 0 Å². The molecular weight excluding hydrogens is 260 g/mol. The van der Waals surface area contributed by atoms with Crippen molar-refractivity contribution in [3.8, 4) is 0 Å². The summed E-state index contributed by atoms with van der Waals surface area (Å²) in [6, 6.07) is 5.06. The Morgan fingerprint density at radius 3 is 2.73 bits per heavy atom. The Morgan fingerprint density at radius 1 is 1.40 bits per heavy atom. The number of hydrogen-bond donors (Lipinski definition) is 1. The van der Waals surface area contributed by atoms with Gasteiger partial charge in [-0.3, -0.25) is 4.79 Å². The van der Waals surface area contributed by atoms with Gasteiger partial charge in [0.2, 0.25) is 0 Å². The molecule has 1 saturated heterocycles. The zero-order valence-electron chi connectivity index (χ0n) is 8.08. The first-order valence-electron chi connectivity index (χ1n) is 4.47. The molecular formula is C10H9BrN2O2. The summed E-state index contributed by atoms with van der Waals surface area (Å²) >= 11 is 3.36. The maximum absolute atomic E-state index is 11.5. The van der Waals surface area contributed by atoms with Gasteiger partial charge < -0.3 is 5.32 Å². The molecule has 0 atom stereocenters. The largest absolute Gasteiger partial charge is 0.329 e. The van der Waals surface area contributed by atoms with Crippen molar-refractivity contribution in [2.75, 3.05) is 11.4 Å². The second kappa shape index (κ2) is 3.66. The molecule has 3 amide bonds. The summed E-state index contributed by atoms with van der Waals surface area (Å²) in [5, 5.41) is 2.49. The highest BCUT2D eigenvalue weighted by atomic mass is 79.9. The summed E-state index contributed by atoms with van der Waals surface area (Å²) in [6.45, 7) is 1.93. The fraction of sp³-hybridized carbons (Fsp3) is 0.200. The molecule has 78 valence electrons. The van der Waals surface area contributed by atoms with Crippen LogP contribution in [0.25, 0.3) is 0 Å². The second-order valence-corrected chi connectivity index (χ2v) is 4.13. The van der Waals surface area contributed by atoms with Crippen LogP contribution in [0.4, 0.5) is 10.5 Å². The first-order valence-corrected chi connectivity index (χ1v) is 5.26. The molecule has 5 heteroatoms. The summed E-state index contributed by atoms with van der Waals surface area (Å²) in [6.07, 6.45) is 0. The predicted octanol–water partition coefficient (Wildman–Crippen LogP) is 1.81. The van der Waals surface area contributed by atoms with Crippen LogP contribution in [0.15, 0.2) is 22.7 Å². The van der Waals surface area contributed by atoms with E-state index < -0.39 is 0 Å². The summed E-state index contributed by atoms with van der Waals surface area (Å²) in [4.78, 5) is 24.1. The van der Waals surface area contributed by atoms with Crippen LogP contribution < -0.4 is 10.2 Å². The summed E-state index contributed by atoms with van der Waals surface area (Å²) < 4.78 is 0.882. The van der Waals surface area contributed by atoms with Gasteiger partial charge in [0.15, 0.2) is 0 Å². The number of rotatable bonds is 1. The molecule has 4 nitrogen and oxygen atoms in total. The molecule has 0 bridgehead atoms. The van der Waals surface area contributed by atoms with E-state index in [4.69, 9.17) is 0 Å². The number of halogens is 1. The standard InChI is InChI=1S/C10H9BrN2O2/c1-6-7(11)3-2-4-8(6)13-9(14)5-12-10(13)15/h2-4H,5H2,1H3,(H,12,15). The van der Waals surface area contributed by atoms with Gasteiger partial charge in [-0.1, -0.05) is 22.0 Å². The Morgan fingerprint density at radius 2 is 2.13 bits per heavy atom. The molecule has 1 heterocycles. The van der Waals surface area contributed by atoms with Crippen molar-refractivity contribution in [2.45, 2.75) is 6.92 Å². The van der Waals surface area contributed by atoms with Crippen molar-refractivity contribution in [1.29, 1.82) is 0 Å². The van der Waals surface area contributed by atoms with E-state index in [0.717, 1.165) is 10.0 Å². The van der Waals surface area contributed by atoms with Crippen LogP contribution in [0, 0.1) is 6.92 Å². The molecule has 0 radical (unpaired) electrons. The Balaban J connectivity index is 2.49. The van der Waals surface area contributed by atoms with E-state index in [0.29, 0.717) is 5.69 Å². The highest BCUT2D eigenvalue weighted by Gasteiger charge is 2.31. The van der Waals surface area contributed by atoms with Gasteiger partial charge in [0, 0.05) is 4.47 Å². The fourth-order valence-electron chi connectivity index (χ4n) is 1.50. The van der Waals surface area contributed by atoms with Gasteiger partial charge in [-0.2, -0.15) is 0 Å². The molecule has 1 aromatic carbocycles. The van der Waals surface area contributed by atoms with Gasteiger partial charge in [0.05, 0.1) is 12.2 Å². The van der Waals surface area contributed by atoms with Crippen molar-refractivity contribution >= 4 is 33.6 Å². The summed E-state index contributed by atoms with van der Waals surface area (Å²) in [5.74, 6) is -0.221. The predicted molar refractivity (Wildman–Crippen MR) is 59.8 cm³/mol. The van der Waals surface area contributed by atoms with Gasteiger partial charge in [0.1, 0.15) is 0 Å². The number of amides is 3. The number of carbonyl (C=O) groups is 2. The highest BCUT2D eigenvalue weighted by Crippen LogP contribution is 2.27. The molecule has 0 aliphatic carbocycles. The molecule has 1 aliphatic rings. The van der Waals surface area contributed by atoms with E-state index in [1.54, 1.807) is 12.1 Å². The van der Waals surface area contributed by atoms with Crippen molar-refractivity contribution in [1.82, 2.24) is 5.32 Å². The van der Waals surface area contributed by atoms with Gasteiger partial charge in [0.25, 0.3) is 5.91 Å². The Labute approximate surface area is 95.4 Å². The zero-order valence-corrected chi connectivity index (χ0v) is 9.67. The van der Waals surface area contributed by atoms with Crippen molar-refractivity contribution in [2.24, 2.45) is 0 Å². The Bertz CT molecular complexity index is 429. The maximum Gasteiger partial charge on any atom is 0.329 e. The number of imide groups is 1. The van der Waals surface area contributed by atoms with E-state index in [1.807, 2.05) is 13.0 Å². The van der Waals surface area contributed by atoms with Crippen LogP contribution in [0.5, 0.6) is 0 Å². The lowest BCUT2D eigenvalue weighted by molar-refractivity contribution is -0.115. The number of nitrogens with zero attached hydrogens (tertiary/aromatic N) is 1. The van der Waals surface area contributed by atoms with Crippen LogP contribution in [0.3, 0.4) is 0 Å². The third-order valence-electron chi connectivity index (χ3n) is 2.32. The lowest BCUT2D eigenvalue weighted by Gasteiger charge is -2.15. The van der Waals surface area contributed by atoms with Crippen LogP contribution >= 0.6 is 15.9 Å². The minimum absolute atomic E-state index is 0.0742. The smallest absolute Gasteiger partial charge is 0.328 e. The number of benzene rings is 1. The highest BCUT2D eigenvalue weighted by molar-refractivity contribution is 9.10. The zero-order chi connectivity index (χ0) is 11.0. The number of anilines is 1. The second-order valence-electron chi connectivity index (χ2n) is 3.27. The average molecular weight is 269 g/mol. The first kappa shape index (κ1) is 10.2. The minimum Gasteiger partial charge on any atom is -0.328 e. The quantitative estimate of drug-likeness (QED) is 0.790. The van der Waals surface area contributed by atoms with E-state index in [9.17, 15) is 9.59 Å². The van der Waals surface area contributed by atoms with Crippen LogP contribution in [-0.2, 0) is 4.79 Å². The summed E-state index contributed by atoms with van der Waals surface area (Å²) in [5.41, 5.74) is 1.51. The molecule has 1 aliphatic heterocycles. The van der Waals surface area contributed by atoms with E-state index >= 15 is 0 Å². The van der Waals surface area contributed by atoms with Crippen LogP contribution in [-0.4, -0.2) is 18.5 Å². The molecule has 1 aromatic rings. The molecule has 15 heavy (non-hydrogen) atoms. The van der Waals surface area contributed by atoms with E-state index in [-0.39, 0.29) is 18.5 Å². The van der Waals surface area contributed by atoms with Crippen LogP contribution in [0.2, 0.25) is 0 Å². The van der Waals surface area contributed by atoms with Crippen molar-refractivity contribution in [3.63, 3.8) is 0 Å². The molecule has 0 spiro atoms. The molecule has 0 unspecified atom stereocenters. The molecule has 1 fully saturated rings. The maximum atomic E-state index is 11.5. The van der Waals surface area contributed by atoms with Crippen molar-refractivity contribution in [3.05, 3.63) is 28.2 Å². The van der Waals surface area contributed by atoms with Gasteiger partial charge >= 0.3 is 6.03 Å². The summed E-state index contributed by atoms with van der Waals surface area (Å²) in [7, 11) is 0. The third-order valence-corrected chi connectivity index (χ3v) is 3.18. The van der Waals surface area contributed by atoms with Gasteiger partial charge in [-0.25, -0.2) is 9.69 Å². The lowest BCUT2D eigenvalue weighted by atomic mass is 10.2. The number of nitrogens with one attached hydrogen (secondary N) is 1. The van der Waals surface area contributed by atoms with E-state index in [1.165, 1.54) is 4.90 Å². The number of carbonyl (C=O) groups excluding carboxylic acids is 2. The molecule has 0 saturated carbocycles. The van der Waals surface area contributed by atoms with E-state index in [2.05, 4.69) is 21.2 Å². The SMILES string of the molecule is Cc1c(Br)cccc1N1C(=O)CNC1=O. The van der Waals surface area contributed by atoms with Crippen LogP contribution in [0.1, 0.15) is 5.56 Å². The minimum atomic E-state index is -0.360. The van der Waals surface area contributed by atoms with Crippen molar-refractivity contribution < 1.29 is 9.59 Å². The normalized spacial score (nSPS) is 15.7. The third kappa shape index (κ3) is 1.63. The topological polar surface area (TPSA) is 49.4 Å². The van der Waals surface area contributed by atoms with Gasteiger partial charge in [-0.05, 0) is 24.6 Å². The number of hydrogen-bond acceptors (Lipinski definition) is 2. The fourth-order valence-corrected chi connectivity index (χ4v) is 1.86. The molecule has 0 aromatic heterocycles. The Kier molecular flexibility index (Phi) is 2.48. The monoisotopic (exact) mass is 268 g/mol.